The van der Waals surface area contributed by atoms with Crippen molar-refractivity contribution in [2.45, 2.75) is 37.1 Å². The van der Waals surface area contributed by atoms with Crippen molar-refractivity contribution >= 4 is 42.6 Å². The minimum absolute atomic E-state index is 0.221. The first-order valence-corrected chi connectivity index (χ1v) is 14.0. The van der Waals surface area contributed by atoms with Gasteiger partial charge < -0.3 is 0 Å². The maximum atomic E-state index is 13.6. The number of anilines is 1. The molecule has 2 aromatic carbocycles. The number of benzene rings is 2. The molecule has 0 radical (unpaired) electrons. The first-order valence-electron chi connectivity index (χ1n) is 11.8. The van der Waals surface area contributed by atoms with Gasteiger partial charge in [-0.25, -0.2) is 13.4 Å². The third-order valence-corrected chi connectivity index (χ3v) is 9.15. The quantitative estimate of drug-likeness (QED) is 0.368. The second kappa shape index (κ2) is 10.3. The number of amides is 1. The van der Waals surface area contributed by atoms with Crippen molar-refractivity contribution in [1.29, 1.82) is 0 Å². The fourth-order valence-corrected chi connectivity index (χ4v) is 6.76. The van der Waals surface area contributed by atoms with E-state index in [2.05, 4.69) is 10.1 Å². The van der Waals surface area contributed by atoms with E-state index in [9.17, 15) is 13.2 Å². The van der Waals surface area contributed by atoms with Gasteiger partial charge in [-0.15, -0.1) is 0 Å². The van der Waals surface area contributed by atoms with Crippen LogP contribution in [0.3, 0.4) is 0 Å². The summed E-state index contributed by atoms with van der Waals surface area (Å²) in [5.74, 6) is -0.227. The van der Waals surface area contributed by atoms with Crippen LogP contribution in [0.4, 0.5) is 5.13 Å². The Labute approximate surface area is 208 Å². The van der Waals surface area contributed by atoms with Gasteiger partial charge in [-0.1, -0.05) is 36.3 Å². The fraction of sp³-hybridized carbons (Fsp3) is 0.320. The van der Waals surface area contributed by atoms with Crippen molar-refractivity contribution in [3.8, 4) is 0 Å². The highest BCUT2D eigenvalue weighted by molar-refractivity contribution is 7.89. The molecule has 35 heavy (non-hydrogen) atoms. The number of thiazole rings is 1. The van der Waals surface area contributed by atoms with Crippen molar-refractivity contribution in [3.05, 3.63) is 72.6 Å². The van der Waals surface area contributed by atoms with Gasteiger partial charge in [-0.3, -0.25) is 14.4 Å². The molecular weight excluding hydrogens is 482 g/mol. The Morgan fingerprint density at radius 3 is 2.40 bits per heavy atom. The number of carbonyl (C=O) groups excluding carboxylic acids is 1. The first kappa shape index (κ1) is 23.7. The molecule has 3 heterocycles. The Morgan fingerprint density at radius 2 is 1.71 bits per heavy atom. The van der Waals surface area contributed by atoms with Gasteiger partial charge in [0.15, 0.2) is 5.13 Å². The van der Waals surface area contributed by atoms with E-state index in [-0.39, 0.29) is 10.8 Å². The second-order valence-electron chi connectivity index (χ2n) is 8.53. The molecule has 1 aliphatic rings. The molecule has 1 saturated heterocycles. The smallest absolute Gasteiger partial charge is 0.260 e. The zero-order valence-corrected chi connectivity index (χ0v) is 20.9. The third kappa shape index (κ3) is 5.14. The monoisotopic (exact) mass is 509 g/mol. The van der Waals surface area contributed by atoms with Crippen molar-refractivity contribution < 1.29 is 13.2 Å². The lowest BCUT2D eigenvalue weighted by Gasteiger charge is -2.21. The van der Waals surface area contributed by atoms with Crippen LogP contribution in [0.25, 0.3) is 10.2 Å². The number of hydrogen-bond acceptors (Lipinski definition) is 6. The van der Waals surface area contributed by atoms with E-state index in [0.717, 1.165) is 35.9 Å². The summed E-state index contributed by atoms with van der Waals surface area (Å²) < 4.78 is 30.6. The van der Waals surface area contributed by atoms with Crippen LogP contribution >= 0.6 is 11.3 Å². The molecule has 0 atom stereocenters. The highest BCUT2D eigenvalue weighted by atomic mass is 32.2. The fourth-order valence-electron chi connectivity index (χ4n) is 4.25. The number of rotatable bonds is 7. The number of sulfonamides is 1. The van der Waals surface area contributed by atoms with E-state index in [1.807, 2.05) is 36.5 Å². The van der Waals surface area contributed by atoms with E-state index in [1.54, 1.807) is 32.2 Å². The predicted molar refractivity (Wildman–Crippen MR) is 137 cm³/mol. The maximum absolute atomic E-state index is 13.6. The van der Waals surface area contributed by atoms with Crippen molar-refractivity contribution in [2.24, 2.45) is 0 Å². The average Bonchev–Trinajstić information content (AvgIpc) is 3.46. The highest BCUT2D eigenvalue weighted by Gasteiger charge is 2.26. The molecule has 4 aromatic rings. The van der Waals surface area contributed by atoms with Crippen LogP contribution in [-0.2, 0) is 16.6 Å². The van der Waals surface area contributed by atoms with E-state index in [0.29, 0.717) is 36.9 Å². The summed E-state index contributed by atoms with van der Waals surface area (Å²) in [5, 5.41) is 4.84. The minimum Gasteiger partial charge on any atom is -0.282 e. The maximum Gasteiger partial charge on any atom is 0.260 e. The van der Waals surface area contributed by atoms with Crippen LogP contribution in [-0.4, -0.2) is 53.0 Å². The molecule has 0 bridgehead atoms. The lowest BCUT2D eigenvalue weighted by molar-refractivity contribution is 0.0985. The molecule has 5 rings (SSSR count). The van der Waals surface area contributed by atoms with Crippen molar-refractivity contribution in [1.82, 2.24) is 19.1 Å². The normalized spacial score (nSPS) is 15.2. The van der Waals surface area contributed by atoms with E-state index in [1.165, 1.54) is 23.5 Å². The van der Waals surface area contributed by atoms with Crippen LogP contribution in [0.1, 0.15) is 36.0 Å². The number of nitrogens with zero attached hydrogens (tertiary/aromatic N) is 5. The summed E-state index contributed by atoms with van der Waals surface area (Å²) in [6, 6.07) is 15.9. The lowest BCUT2D eigenvalue weighted by Crippen LogP contribution is -2.34. The minimum atomic E-state index is -3.57. The van der Waals surface area contributed by atoms with Gasteiger partial charge in [0.1, 0.15) is 0 Å². The lowest BCUT2D eigenvalue weighted by atomic mass is 10.2. The van der Waals surface area contributed by atoms with Gasteiger partial charge in [0.2, 0.25) is 10.0 Å². The van der Waals surface area contributed by atoms with Gasteiger partial charge in [0.05, 0.1) is 21.7 Å². The molecule has 0 N–H and O–H groups in total. The van der Waals surface area contributed by atoms with Crippen LogP contribution < -0.4 is 4.90 Å². The number of fused-ring (bicyclic) bond motifs is 1. The summed E-state index contributed by atoms with van der Waals surface area (Å²) in [5.41, 5.74) is 1.25. The van der Waals surface area contributed by atoms with Gasteiger partial charge in [0.25, 0.3) is 5.91 Å². The summed E-state index contributed by atoms with van der Waals surface area (Å²) >= 11 is 1.46. The number of hydrogen-bond donors (Lipinski definition) is 0. The molecule has 8 nitrogen and oxygen atoms in total. The zero-order valence-electron chi connectivity index (χ0n) is 19.3. The summed E-state index contributed by atoms with van der Waals surface area (Å²) in [4.78, 5) is 20.1. The Balaban J connectivity index is 1.41. The van der Waals surface area contributed by atoms with Gasteiger partial charge in [-0.2, -0.15) is 9.40 Å². The third-order valence-electron chi connectivity index (χ3n) is 6.17. The van der Waals surface area contributed by atoms with Crippen LogP contribution in [0.5, 0.6) is 0 Å². The molecule has 2 aromatic heterocycles. The van der Waals surface area contributed by atoms with Crippen LogP contribution in [0, 0.1) is 0 Å². The number of carbonyl (C=O) groups is 1. The predicted octanol–water partition coefficient (Wildman–Crippen LogP) is 4.40. The molecule has 0 spiro atoms. The molecule has 0 aliphatic carbocycles. The van der Waals surface area contributed by atoms with Gasteiger partial charge in [-0.05, 0) is 55.3 Å². The number of para-hydroxylation sites is 1. The van der Waals surface area contributed by atoms with E-state index >= 15 is 0 Å². The first-order chi connectivity index (χ1) is 17.0. The van der Waals surface area contributed by atoms with Gasteiger partial charge in [0, 0.05) is 37.6 Å². The SMILES string of the molecule is O=C(c1ccc(S(=O)(=O)N2CCCCCC2)cc1)N(CCn1cccn1)c1nc2ccccc2s1. The van der Waals surface area contributed by atoms with E-state index in [4.69, 9.17) is 0 Å². The molecular formula is C25H27N5O3S2. The Bertz CT molecular complexity index is 1360. The largest absolute Gasteiger partial charge is 0.282 e. The van der Waals surface area contributed by atoms with Crippen molar-refractivity contribution in [3.63, 3.8) is 0 Å². The molecule has 1 fully saturated rings. The average molecular weight is 510 g/mol. The zero-order chi connectivity index (χ0) is 24.3. The van der Waals surface area contributed by atoms with Crippen LogP contribution in [0.2, 0.25) is 0 Å². The van der Waals surface area contributed by atoms with Gasteiger partial charge >= 0.3 is 0 Å². The summed E-state index contributed by atoms with van der Waals surface area (Å²) in [6.07, 6.45) is 7.42. The molecule has 0 saturated carbocycles. The Hall–Kier alpha value is -3.08. The summed E-state index contributed by atoms with van der Waals surface area (Å²) in [6.45, 7) is 1.98. The highest BCUT2D eigenvalue weighted by Crippen LogP contribution is 2.30. The topological polar surface area (TPSA) is 88.4 Å². The molecule has 1 amide bonds. The molecule has 0 unspecified atom stereocenters. The summed E-state index contributed by atoms with van der Waals surface area (Å²) in [7, 11) is -3.57. The molecule has 182 valence electrons. The number of aromatic nitrogens is 3. The molecule has 10 heteroatoms. The second-order valence-corrected chi connectivity index (χ2v) is 11.5. The van der Waals surface area contributed by atoms with E-state index < -0.39 is 10.0 Å². The molecule has 1 aliphatic heterocycles. The Morgan fingerprint density at radius 1 is 0.971 bits per heavy atom. The Kier molecular flexibility index (Phi) is 6.94. The van der Waals surface area contributed by atoms with Crippen LogP contribution in [0.15, 0.2) is 71.9 Å². The van der Waals surface area contributed by atoms with Crippen molar-refractivity contribution in [2.75, 3.05) is 24.5 Å². The standard InChI is InChI=1S/C25H27N5O3S2/c31-24(20-10-12-21(13-11-20)35(32,33)29-16-5-1-2-6-17-29)30(19-18-28-15-7-14-26-28)25-27-22-8-3-4-9-23(22)34-25/h3-4,7-15H,1-2,5-6,16-19H2.